The van der Waals surface area contributed by atoms with E-state index in [9.17, 15) is 0 Å². The highest BCUT2D eigenvalue weighted by atomic mass is 16.5. The molecule has 5 nitrogen and oxygen atoms in total. The van der Waals surface area contributed by atoms with Crippen molar-refractivity contribution in [3.05, 3.63) is 193 Å². The highest BCUT2D eigenvalue weighted by Gasteiger charge is 2.16. The lowest BCUT2D eigenvalue weighted by molar-refractivity contribution is 0.482. The van der Waals surface area contributed by atoms with Gasteiger partial charge < -0.3 is 15.4 Å². The largest absolute Gasteiger partial charge is 0.457 e. The summed E-state index contributed by atoms with van der Waals surface area (Å²) < 4.78 is 8.33. The maximum Gasteiger partial charge on any atom is 0.129 e. The summed E-state index contributed by atoms with van der Waals surface area (Å²) in [4.78, 5) is 0. The lowest BCUT2D eigenvalue weighted by atomic mass is 9.93. The van der Waals surface area contributed by atoms with Crippen molar-refractivity contribution < 1.29 is 4.74 Å². The van der Waals surface area contributed by atoms with Gasteiger partial charge in [0.15, 0.2) is 0 Å². The fourth-order valence-corrected chi connectivity index (χ4v) is 6.89. The van der Waals surface area contributed by atoms with Crippen LogP contribution in [-0.2, 0) is 0 Å². The normalized spacial score (nSPS) is 10.9. The minimum atomic E-state index is 0.724. The van der Waals surface area contributed by atoms with Crippen molar-refractivity contribution in [3.63, 3.8) is 0 Å². The van der Waals surface area contributed by atoms with E-state index in [0.29, 0.717) is 0 Å². The number of aryl methyl sites for hydroxylation is 3. The molecule has 0 aliphatic heterocycles. The smallest absolute Gasteiger partial charge is 0.129 e. The number of nitrogens with zero attached hydrogens (tertiary/aromatic N) is 2. The fourth-order valence-electron chi connectivity index (χ4n) is 6.89. The Labute approximate surface area is 311 Å². The summed E-state index contributed by atoms with van der Waals surface area (Å²) in [5.74, 6) is 1.45. The van der Waals surface area contributed by atoms with Crippen LogP contribution in [0.1, 0.15) is 16.7 Å². The van der Waals surface area contributed by atoms with E-state index in [-0.39, 0.29) is 0 Å². The van der Waals surface area contributed by atoms with E-state index in [2.05, 4.69) is 140 Å². The van der Waals surface area contributed by atoms with Gasteiger partial charge in [-0.15, -0.1) is 0 Å². The molecular formula is C48H40N4O. The molecule has 8 rings (SSSR count). The average molecular weight is 689 g/mol. The second-order valence-corrected chi connectivity index (χ2v) is 13.4. The first kappa shape index (κ1) is 33.3. The van der Waals surface area contributed by atoms with Crippen molar-refractivity contribution in [1.82, 2.24) is 9.78 Å². The molecule has 258 valence electrons. The molecule has 0 saturated heterocycles. The van der Waals surface area contributed by atoms with Crippen LogP contribution in [-0.4, -0.2) is 9.78 Å². The summed E-state index contributed by atoms with van der Waals surface area (Å²) in [7, 11) is 0. The molecule has 2 N–H and O–H groups in total. The van der Waals surface area contributed by atoms with Crippen LogP contribution < -0.4 is 15.4 Å². The molecule has 7 aromatic carbocycles. The molecule has 0 saturated carbocycles. The van der Waals surface area contributed by atoms with E-state index in [1.807, 2.05) is 77.7 Å². The molecule has 0 amide bonds. The Morgan fingerprint density at radius 3 is 1.66 bits per heavy atom. The molecule has 0 aliphatic rings. The highest BCUT2D eigenvalue weighted by Crippen LogP contribution is 2.42. The van der Waals surface area contributed by atoms with Crippen LogP contribution in [0.3, 0.4) is 0 Å². The lowest BCUT2D eigenvalue weighted by Gasteiger charge is -2.22. The summed E-state index contributed by atoms with van der Waals surface area (Å²) in [6, 6.07) is 56.5. The van der Waals surface area contributed by atoms with E-state index < -0.39 is 0 Å². The summed E-state index contributed by atoms with van der Waals surface area (Å²) in [5, 5.41) is 12.2. The molecule has 8 aromatic rings. The van der Waals surface area contributed by atoms with Crippen LogP contribution in [0, 0.1) is 20.8 Å². The fraction of sp³-hybridized carbons (Fsp3) is 0.0625. The zero-order valence-electron chi connectivity index (χ0n) is 30.0. The van der Waals surface area contributed by atoms with Gasteiger partial charge in [-0.3, -0.25) is 0 Å². The number of rotatable bonds is 10. The molecule has 0 bridgehead atoms. The van der Waals surface area contributed by atoms with Crippen molar-refractivity contribution in [1.29, 1.82) is 0 Å². The van der Waals surface area contributed by atoms with E-state index in [4.69, 9.17) is 4.74 Å². The summed E-state index contributed by atoms with van der Waals surface area (Å²) in [5.41, 5.74) is 15.3. The molecule has 0 spiro atoms. The van der Waals surface area contributed by atoms with Crippen LogP contribution >= 0.6 is 0 Å². The quantitative estimate of drug-likeness (QED) is 0.150. The first-order valence-electron chi connectivity index (χ1n) is 17.9. The number of hydrogen-bond acceptors (Lipinski definition) is 4. The molecule has 5 heteroatoms. The zero-order valence-corrected chi connectivity index (χ0v) is 30.0. The van der Waals surface area contributed by atoms with Crippen LogP contribution in [0.5, 0.6) is 11.5 Å². The van der Waals surface area contributed by atoms with Crippen molar-refractivity contribution in [2.45, 2.75) is 20.8 Å². The van der Waals surface area contributed by atoms with Gasteiger partial charge in [0.05, 0.1) is 23.3 Å². The molecule has 53 heavy (non-hydrogen) atoms. The lowest BCUT2D eigenvalue weighted by Crippen LogP contribution is -2.03. The number of aromatic nitrogens is 2. The molecule has 0 radical (unpaired) electrons. The Morgan fingerprint density at radius 2 is 1.04 bits per heavy atom. The molecule has 0 unspecified atom stereocenters. The number of hydrogen-bond donors (Lipinski definition) is 2. The molecule has 1 aromatic heterocycles. The zero-order chi connectivity index (χ0) is 36.1. The predicted octanol–water partition coefficient (Wildman–Crippen LogP) is 13.1. The Bertz CT molecular complexity index is 2480. The molecule has 0 atom stereocenters. The SMILES string of the molecule is Cc1cc(C)c(Nc2cc(-c3ccccc3)c(-c3ccccc3)cc2Nc2cccc(Oc3cccc(-n4cc(-c5ccccc5)cn4)c3)c2)c(C)c1. The molecule has 0 fully saturated rings. The van der Waals surface area contributed by atoms with E-state index in [0.717, 1.165) is 73.3 Å². The first-order valence-corrected chi connectivity index (χ1v) is 17.9. The Balaban J connectivity index is 1.14. The Kier molecular flexibility index (Phi) is 9.29. The molecular weight excluding hydrogens is 649 g/mol. The number of ether oxygens (including phenoxy) is 1. The standard InChI is InChI=1S/C48H40N4O/c1-33-25-34(2)48(35(3)26-33)51-47-30-45(38-19-11-6-12-20-38)44(37-17-9-5-10-18-37)29-46(47)50-40-21-13-23-42(27-40)53-43-24-14-22-41(28-43)52-32-39(31-49-52)36-15-7-4-8-16-36/h4-32,50-51H,1-3H3. The van der Waals surface area contributed by atoms with Crippen LogP contribution in [0.25, 0.3) is 39.1 Å². The number of nitrogens with one attached hydrogen (secondary N) is 2. The van der Waals surface area contributed by atoms with Gasteiger partial charge in [0.1, 0.15) is 11.5 Å². The molecule has 0 aliphatic carbocycles. The van der Waals surface area contributed by atoms with Crippen LogP contribution in [0.2, 0.25) is 0 Å². The maximum absolute atomic E-state index is 6.45. The van der Waals surface area contributed by atoms with Gasteiger partial charge in [0.2, 0.25) is 0 Å². The second-order valence-electron chi connectivity index (χ2n) is 13.4. The Hall–Kier alpha value is -6.85. The van der Waals surface area contributed by atoms with Gasteiger partial charge in [-0.25, -0.2) is 4.68 Å². The third kappa shape index (κ3) is 7.46. The van der Waals surface area contributed by atoms with Crippen LogP contribution in [0.4, 0.5) is 22.7 Å². The maximum atomic E-state index is 6.45. The van der Waals surface area contributed by atoms with Crippen molar-refractivity contribution in [3.8, 4) is 50.6 Å². The van der Waals surface area contributed by atoms with Gasteiger partial charge in [0, 0.05) is 35.3 Å². The van der Waals surface area contributed by atoms with Gasteiger partial charge in [-0.1, -0.05) is 121 Å². The van der Waals surface area contributed by atoms with Gasteiger partial charge >= 0.3 is 0 Å². The van der Waals surface area contributed by atoms with E-state index in [1.165, 1.54) is 16.7 Å². The summed E-state index contributed by atoms with van der Waals surface area (Å²) >= 11 is 0. The first-order chi connectivity index (χ1) is 26.0. The Morgan fingerprint density at radius 1 is 0.491 bits per heavy atom. The van der Waals surface area contributed by atoms with Crippen molar-refractivity contribution in [2.24, 2.45) is 0 Å². The van der Waals surface area contributed by atoms with Gasteiger partial charge in [-0.05, 0) is 96.1 Å². The predicted molar refractivity (Wildman–Crippen MR) is 220 cm³/mol. The average Bonchev–Trinajstić information content (AvgIpc) is 3.69. The highest BCUT2D eigenvalue weighted by molar-refractivity contribution is 5.93. The summed E-state index contributed by atoms with van der Waals surface area (Å²) in [6.45, 7) is 6.47. The minimum absolute atomic E-state index is 0.724. The third-order valence-corrected chi connectivity index (χ3v) is 9.38. The summed E-state index contributed by atoms with van der Waals surface area (Å²) in [6.07, 6.45) is 3.93. The monoisotopic (exact) mass is 688 g/mol. The van der Waals surface area contributed by atoms with E-state index in [1.54, 1.807) is 0 Å². The van der Waals surface area contributed by atoms with E-state index >= 15 is 0 Å². The van der Waals surface area contributed by atoms with Gasteiger partial charge in [-0.2, -0.15) is 5.10 Å². The van der Waals surface area contributed by atoms with Crippen LogP contribution in [0.15, 0.2) is 176 Å². The molecule has 1 heterocycles. The van der Waals surface area contributed by atoms with Gasteiger partial charge in [0.25, 0.3) is 0 Å². The number of benzene rings is 7. The topological polar surface area (TPSA) is 51.1 Å². The minimum Gasteiger partial charge on any atom is -0.457 e. The third-order valence-electron chi connectivity index (χ3n) is 9.38. The number of anilines is 4. The van der Waals surface area contributed by atoms with Crippen molar-refractivity contribution in [2.75, 3.05) is 10.6 Å². The second kappa shape index (κ2) is 14.8. The van der Waals surface area contributed by atoms with Crippen molar-refractivity contribution >= 4 is 22.7 Å².